The number of hydrogen-bond donors (Lipinski definition) is 1. The summed E-state index contributed by atoms with van der Waals surface area (Å²) in [5, 5.41) is 3.93. The highest BCUT2D eigenvalue weighted by atomic mass is 32.2. The molecule has 3 rings (SSSR count). The highest BCUT2D eigenvalue weighted by Gasteiger charge is 2.10. The Kier molecular flexibility index (Phi) is 4.81. The lowest BCUT2D eigenvalue weighted by molar-refractivity contribution is 0.0954. The summed E-state index contributed by atoms with van der Waals surface area (Å²) in [5.41, 5.74) is 2.45. The quantitative estimate of drug-likeness (QED) is 0.764. The van der Waals surface area contributed by atoms with Crippen LogP contribution >= 0.6 is 0 Å². The topological polar surface area (TPSA) is 76.1 Å². The van der Waals surface area contributed by atoms with Crippen molar-refractivity contribution < 1.29 is 13.2 Å². The van der Waals surface area contributed by atoms with E-state index in [1.165, 1.54) is 24.3 Å². The Balaban J connectivity index is 1.64. The SMILES string of the molecule is CS(=O)(=O)c1ccc(C(=O)NCCc2cccc3cccnc23)cc1. The Morgan fingerprint density at radius 2 is 1.76 bits per heavy atom. The number of amides is 1. The fraction of sp³-hybridized carbons (Fsp3) is 0.158. The van der Waals surface area contributed by atoms with Crippen LogP contribution in [-0.4, -0.2) is 32.1 Å². The van der Waals surface area contributed by atoms with Gasteiger partial charge in [-0.1, -0.05) is 24.3 Å². The molecule has 0 aliphatic heterocycles. The molecule has 1 aromatic heterocycles. The van der Waals surface area contributed by atoms with Gasteiger partial charge in [0.25, 0.3) is 5.91 Å². The second kappa shape index (κ2) is 7.03. The summed E-state index contributed by atoms with van der Waals surface area (Å²) in [4.78, 5) is 16.8. The Labute approximate surface area is 146 Å². The van der Waals surface area contributed by atoms with Crippen LogP contribution in [0.15, 0.2) is 65.7 Å². The molecule has 2 aromatic carbocycles. The number of aromatic nitrogens is 1. The number of carbonyl (C=O) groups is 1. The minimum atomic E-state index is -3.26. The number of carbonyl (C=O) groups excluding carboxylic acids is 1. The first-order valence-electron chi connectivity index (χ1n) is 7.86. The summed E-state index contributed by atoms with van der Waals surface area (Å²) in [6.45, 7) is 0.475. The molecule has 0 atom stereocenters. The third-order valence-corrected chi connectivity index (χ3v) is 5.07. The monoisotopic (exact) mass is 354 g/mol. The number of pyridine rings is 1. The molecule has 0 aliphatic carbocycles. The van der Waals surface area contributed by atoms with Crippen molar-refractivity contribution in [3.63, 3.8) is 0 Å². The number of sulfone groups is 1. The summed E-state index contributed by atoms with van der Waals surface area (Å²) in [6.07, 6.45) is 3.57. The lowest BCUT2D eigenvalue weighted by Gasteiger charge is -2.08. The van der Waals surface area contributed by atoms with Crippen LogP contribution in [0.3, 0.4) is 0 Å². The lowest BCUT2D eigenvalue weighted by Crippen LogP contribution is -2.25. The Hall–Kier alpha value is -2.73. The molecule has 3 aromatic rings. The van der Waals surface area contributed by atoms with Gasteiger partial charge in [0.05, 0.1) is 10.4 Å². The minimum Gasteiger partial charge on any atom is -0.352 e. The average Bonchev–Trinajstić information content (AvgIpc) is 2.61. The van der Waals surface area contributed by atoms with Gasteiger partial charge in [0.15, 0.2) is 9.84 Å². The van der Waals surface area contributed by atoms with Gasteiger partial charge in [0, 0.05) is 29.9 Å². The zero-order valence-corrected chi connectivity index (χ0v) is 14.6. The van der Waals surface area contributed by atoms with Gasteiger partial charge < -0.3 is 5.32 Å². The Bertz CT molecular complexity index is 1010. The normalized spacial score (nSPS) is 11.4. The van der Waals surface area contributed by atoms with Gasteiger partial charge in [-0.25, -0.2) is 8.42 Å². The van der Waals surface area contributed by atoms with Crippen LogP contribution in [0.1, 0.15) is 15.9 Å². The molecule has 5 nitrogen and oxygen atoms in total. The molecule has 1 N–H and O–H groups in total. The van der Waals surface area contributed by atoms with Crippen LogP contribution in [0.25, 0.3) is 10.9 Å². The summed E-state index contributed by atoms with van der Waals surface area (Å²) in [5.74, 6) is -0.228. The third kappa shape index (κ3) is 4.03. The van der Waals surface area contributed by atoms with Gasteiger partial charge >= 0.3 is 0 Å². The molecule has 1 amide bonds. The van der Waals surface area contributed by atoms with Crippen LogP contribution in [0.5, 0.6) is 0 Å². The van der Waals surface area contributed by atoms with E-state index < -0.39 is 9.84 Å². The van der Waals surface area contributed by atoms with Crippen molar-refractivity contribution in [2.24, 2.45) is 0 Å². The Morgan fingerprint density at radius 3 is 2.48 bits per heavy atom. The molecule has 0 spiro atoms. The van der Waals surface area contributed by atoms with Gasteiger partial charge in [-0.3, -0.25) is 9.78 Å². The van der Waals surface area contributed by atoms with Crippen molar-refractivity contribution >= 4 is 26.6 Å². The molecule has 0 saturated heterocycles. The molecular formula is C19H18N2O3S. The predicted molar refractivity (Wildman–Crippen MR) is 97.3 cm³/mol. The van der Waals surface area contributed by atoms with E-state index in [0.717, 1.165) is 22.7 Å². The van der Waals surface area contributed by atoms with E-state index in [-0.39, 0.29) is 10.8 Å². The maximum atomic E-state index is 12.2. The van der Waals surface area contributed by atoms with Crippen LogP contribution in [0.2, 0.25) is 0 Å². The van der Waals surface area contributed by atoms with Crippen LogP contribution in [0, 0.1) is 0 Å². The molecule has 1 heterocycles. The smallest absolute Gasteiger partial charge is 0.251 e. The van der Waals surface area contributed by atoms with E-state index >= 15 is 0 Å². The number of nitrogens with one attached hydrogen (secondary N) is 1. The lowest BCUT2D eigenvalue weighted by atomic mass is 10.1. The van der Waals surface area contributed by atoms with Crippen molar-refractivity contribution in [3.05, 3.63) is 71.9 Å². The highest BCUT2D eigenvalue weighted by molar-refractivity contribution is 7.90. The van der Waals surface area contributed by atoms with Gasteiger partial charge in [0.2, 0.25) is 0 Å². The maximum Gasteiger partial charge on any atom is 0.251 e. The van der Waals surface area contributed by atoms with E-state index in [0.29, 0.717) is 18.5 Å². The molecule has 0 saturated carbocycles. The first-order chi connectivity index (χ1) is 11.9. The highest BCUT2D eigenvalue weighted by Crippen LogP contribution is 2.16. The molecule has 0 radical (unpaired) electrons. The van der Waals surface area contributed by atoms with Gasteiger partial charge in [0.1, 0.15) is 0 Å². The van der Waals surface area contributed by atoms with Crippen LogP contribution in [-0.2, 0) is 16.3 Å². The largest absolute Gasteiger partial charge is 0.352 e. The van der Waals surface area contributed by atoms with Crippen molar-refractivity contribution in [1.29, 1.82) is 0 Å². The number of hydrogen-bond acceptors (Lipinski definition) is 4. The number of nitrogens with zero attached hydrogens (tertiary/aromatic N) is 1. The van der Waals surface area contributed by atoms with Gasteiger partial charge in [-0.2, -0.15) is 0 Å². The molecule has 0 bridgehead atoms. The van der Waals surface area contributed by atoms with Crippen molar-refractivity contribution in [2.45, 2.75) is 11.3 Å². The van der Waals surface area contributed by atoms with E-state index in [1.54, 1.807) is 6.20 Å². The Morgan fingerprint density at radius 1 is 1.04 bits per heavy atom. The van der Waals surface area contributed by atoms with E-state index in [9.17, 15) is 13.2 Å². The first kappa shape index (κ1) is 17.1. The fourth-order valence-electron chi connectivity index (χ4n) is 2.64. The zero-order valence-electron chi connectivity index (χ0n) is 13.8. The number of para-hydroxylation sites is 1. The van der Waals surface area contributed by atoms with Crippen LogP contribution in [0.4, 0.5) is 0 Å². The molecule has 0 fully saturated rings. The van der Waals surface area contributed by atoms with Gasteiger partial charge in [-0.15, -0.1) is 0 Å². The summed E-state index contributed by atoms with van der Waals surface area (Å²) in [7, 11) is -3.26. The van der Waals surface area contributed by atoms with Gasteiger partial charge in [-0.05, 0) is 42.3 Å². The standard InChI is InChI=1S/C19H18N2O3S/c1-25(23,24)17-9-7-16(8-10-17)19(22)21-13-11-15-5-2-4-14-6-3-12-20-18(14)15/h2-10,12H,11,13H2,1H3,(H,21,22). The summed E-state index contributed by atoms with van der Waals surface area (Å²) >= 11 is 0. The summed E-state index contributed by atoms with van der Waals surface area (Å²) in [6, 6.07) is 15.8. The fourth-order valence-corrected chi connectivity index (χ4v) is 3.27. The van der Waals surface area contributed by atoms with E-state index in [1.807, 2.05) is 30.3 Å². The molecule has 128 valence electrons. The average molecular weight is 354 g/mol. The second-order valence-corrected chi connectivity index (χ2v) is 7.81. The number of rotatable bonds is 5. The molecule has 25 heavy (non-hydrogen) atoms. The molecule has 6 heteroatoms. The molecular weight excluding hydrogens is 336 g/mol. The van der Waals surface area contributed by atoms with Crippen molar-refractivity contribution in [3.8, 4) is 0 Å². The zero-order chi connectivity index (χ0) is 17.9. The second-order valence-electron chi connectivity index (χ2n) is 5.79. The molecule has 0 aliphatic rings. The minimum absolute atomic E-state index is 0.200. The van der Waals surface area contributed by atoms with Crippen LogP contribution < -0.4 is 5.32 Å². The number of fused-ring (bicyclic) bond motifs is 1. The maximum absolute atomic E-state index is 12.2. The first-order valence-corrected chi connectivity index (χ1v) is 9.75. The third-order valence-electron chi connectivity index (χ3n) is 3.94. The van der Waals surface area contributed by atoms with Crippen molar-refractivity contribution in [2.75, 3.05) is 12.8 Å². The molecule has 0 unspecified atom stereocenters. The number of benzene rings is 2. The van der Waals surface area contributed by atoms with E-state index in [2.05, 4.69) is 10.3 Å². The predicted octanol–water partition coefficient (Wildman–Crippen LogP) is 2.61. The summed E-state index contributed by atoms with van der Waals surface area (Å²) < 4.78 is 22.9. The van der Waals surface area contributed by atoms with Crippen molar-refractivity contribution in [1.82, 2.24) is 10.3 Å². The van der Waals surface area contributed by atoms with E-state index in [4.69, 9.17) is 0 Å².